The molecule has 2 aliphatic carbocycles. The van der Waals surface area contributed by atoms with E-state index < -0.39 is 0 Å². The van der Waals surface area contributed by atoms with Gasteiger partial charge in [0.1, 0.15) is 0 Å². The number of hydrogen-bond acceptors (Lipinski definition) is 3. The van der Waals surface area contributed by atoms with Crippen LogP contribution in [-0.2, 0) is 16.6 Å². The Morgan fingerprint density at radius 3 is 2.54 bits per heavy atom. The Labute approximate surface area is 221 Å². The molecule has 0 radical (unpaired) electrons. The molecule has 5 heteroatoms. The molecule has 2 heterocycles. The van der Waals surface area contributed by atoms with E-state index in [1.807, 2.05) is 12.1 Å². The molecule has 5 nitrogen and oxygen atoms in total. The second-order valence-electron chi connectivity index (χ2n) is 12.0. The molecule has 2 saturated heterocycles. The first-order chi connectivity index (χ1) is 18.1. The fraction of sp³-hybridized carbons (Fsp3) is 0.562. The van der Waals surface area contributed by atoms with Crippen LogP contribution in [0.5, 0.6) is 0 Å². The van der Waals surface area contributed by atoms with Gasteiger partial charge < -0.3 is 16.0 Å². The summed E-state index contributed by atoms with van der Waals surface area (Å²) >= 11 is 0. The lowest BCUT2D eigenvalue weighted by Crippen LogP contribution is -2.55. The van der Waals surface area contributed by atoms with Crippen molar-refractivity contribution in [3.8, 4) is 0 Å². The maximum atomic E-state index is 14.6. The molecule has 196 valence electrons. The summed E-state index contributed by atoms with van der Waals surface area (Å²) in [5, 5.41) is 3.61. The second kappa shape index (κ2) is 10.2. The number of benzene rings is 2. The molecule has 3 fully saturated rings. The highest BCUT2D eigenvalue weighted by Gasteiger charge is 2.52. The molecule has 37 heavy (non-hydrogen) atoms. The van der Waals surface area contributed by atoms with Crippen LogP contribution in [0.25, 0.3) is 0 Å². The van der Waals surface area contributed by atoms with Gasteiger partial charge >= 0.3 is 0 Å². The molecule has 1 spiro atoms. The lowest BCUT2D eigenvalue weighted by Gasteiger charge is -2.48. The summed E-state index contributed by atoms with van der Waals surface area (Å²) in [4.78, 5) is 29.1. The van der Waals surface area contributed by atoms with Crippen molar-refractivity contribution in [2.75, 3.05) is 19.6 Å². The van der Waals surface area contributed by atoms with E-state index in [9.17, 15) is 9.59 Å². The summed E-state index contributed by atoms with van der Waals surface area (Å²) in [7, 11) is 0. The SMILES string of the molecule is NC(=O)c1cccc2c1CCC[C@]21CNC[C@H]1C(=O)N1CC[C@@H](c2ccccc2)C[C@H]1C1CCCCC1. The molecule has 0 aromatic heterocycles. The number of likely N-dealkylation sites (tertiary alicyclic amines) is 1. The van der Waals surface area contributed by atoms with E-state index in [1.54, 1.807) is 0 Å². The zero-order valence-corrected chi connectivity index (χ0v) is 22.0. The van der Waals surface area contributed by atoms with Gasteiger partial charge in [-0.05, 0) is 79.5 Å². The van der Waals surface area contributed by atoms with Crippen LogP contribution < -0.4 is 11.1 Å². The Morgan fingerprint density at radius 2 is 1.76 bits per heavy atom. The van der Waals surface area contributed by atoms with Crippen molar-refractivity contribution in [1.82, 2.24) is 10.2 Å². The number of nitrogens with two attached hydrogens (primary N) is 1. The maximum Gasteiger partial charge on any atom is 0.248 e. The summed E-state index contributed by atoms with van der Waals surface area (Å²) in [5.74, 6) is 1.03. The number of amides is 2. The molecule has 2 aliphatic heterocycles. The van der Waals surface area contributed by atoms with E-state index in [0.29, 0.717) is 29.3 Å². The van der Waals surface area contributed by atoms with Gasteiger partial charge in [0.2, 0.25) is 11.8 Å². The average Bonchev–Trinajstić information content (AvgIpc) is 3.37. The average molecular weight is 500 g/mol. The molecule has 3 N–H and O–H groups in total. The van der Waals surface area contributed by atoms with Crippen LogP contribution >= 0.6 is 0 Å². The lowest BCUT2D eigenvalue weighted by molar-refractivity contribution is -0.143. The zero-order chi connectivity index (χ0) is 25.4. The van der Waals surface area contributed by atoms with Gasteiger partial charge in [-0.15, -0.1) is 0 Å². The van der Waals surface area contributed by atoms with Gasteiger partial charge in [0, 0.05) is 36.7 Å². The minimum absolute atomic E-state index is 0.0888. The topological polar surface area (TPSA) is 75.4 Å². The zero-order valence-electron chi connectivity index (χ0n) is 22.0. The van der Waals surface area contributed by atoms with Crippen molar-refractivity contribution in [3.63, 3.8) is 0 Å². The molecule has 2 aromatic carbocycles. The summed E-state index contributed by atoms with van der Waals surface area (Å²) in [6, 6.07) is 17.2. The van der Waals surface area contributed by atoms with Gasteiger partial charge in [-0.25, -0.2) is 0 Å². The Balaban J connectivity index is 1.32. The smallest absolute Gasteiger partial charge is 0.248 e. The summed E-state index contributed by atoms with van der Waals surface area (Å²) in [5.41, 5.74) is 9.85. The Morgan fingerprint density at radius 1 is 0.946 bits per heavy atom. The van der Waals surface area contributed by atoms with Crippen LogP contribution in [0.4, 0.5) is 0 Å². The number of rotatable bonds is 4. The molecule has 0 bridgehead atoms. The van der Waals surface area contributed by atoms with E-state index >= 15 is 0 Å². The number of primary amides is 1. The first-order valence-corrected chi connectivity index (χ1v) is 14.6. The van der Waals surface area contributed by atoms with Crippen LogP contribution in [0.1, 0.15) is 90.8 Å². The molecule has 2 aromatic rings. The number of nitrogens with one attached hydrogen (secondary N) is 1. The number of fused-ring (bicyclic) bond motifs is 2. The van der Waals surface area contributed by atoms with Crippen molar-refractivity contribution in [2.45, 2.75) is 81.6 Å². The van der Waals surface area contributed by atoms with Gasteiger partial charge in [-0.2, -0.15) is 0 Å². The Bertz CT molecular complexity index is 1140. The normalized spacial score (nSPS) is 30.3. The fourth-order valence-electron chi connectivity index (χ4n) is 8.36. The molecule has 2 amide bonds. The van der Waals surface area contributed by atoms with Crippen LogP contribution in [0, 0.1) is 11.8 Å². The number of nitrogens with zero attached hydrogens (tertiary/aromatic N) is 1. The molecular formula is C32H41N3O2. The summed E-state index contributed by atoms with van der Waals surface area (Å²) < 4.78 is 0. The van der Waals surface area contributed by atoms with Crippen LogP contribution in [0.3, 0.4) is 0 Å². The highest BCUT2D eigenvalue weighted by molar-refractivity contribution is 5.95. The first kappa shape index (κ1) is 24.7. The molecule has 0 unspecified atom stereocenters. The summed E-state index contributed by atoms with van der Waals surface area (Å²) in [6.07, 6.45) is 11.4. The Hall–Kier alpha value is -2.66. The number of carbonyl (C=O) groups is 2. The van der Waals surface area contributed by atoms with Crippen molar-refractivity contribution in [2.24, 2.45) is 17.6 Å². The molecular weight excluding hydrogens is 458 g/mol. The lowest BCUT2D eigenvalue weighted by atomic mass is 9.63. The van der Waals surface area contributed by atoms with Crippen molar-refractivity contribution in [3.05, 3.63) is 70.8 Å². The molecule has 6 rings (SSSR count). The predicted octanol–water partition coefficient (Wildman–Crippen LogP) is 4.93. The monoisotopic (exact) mass is 499 g/mol. The highest BCUT2D eigenvalue weighted by Crippen LogP contribution is 2.48. The predicted molar refractivity (Wildman–Crippen MR) is 146 cm³/mol. The minimum Gasteiger partial charge on any atom is -0.366 e. The second-order valence-corrected chi connectivity index (χ2v) is 12.0. The third-order valence-electron chi connectivity index (χ3n) is 10.2. The van der Waals surface area contributed by atoms with E-state index in [0.717, 1.165) is 57.3 Å². The Kier molecular flexibility index (Phi) is 6.83. The molecule has 4 aliphatic rings. The standard InChI is InChI=1S/C32H41N3O2/c33-30(36)26-13-7-15-27-25(26)14-8-17-32(27)21-34-20-28(32)31(37)35-18-16-24(22-9-3-1-4-10-22)19-29(35)23-11-5-2-6-12-23/h1,3-4,7,9-10,13,15,23-24,28-29,34H,2,5-6,8,11-12,14,16-21H2,(H2,33,36)/t24-,28+,29+,32+/m1/s1. The van der Waals surface area contributed by atoms with Crippen molar-refractivity contribution in [1.29, 1.82) is 0 Å². The number of piperidine rings is 1. The van der Waals surface area contributed by atoms with Gasteiger partial charge in [-0.3, -0.25) is 9.59 Å². The van der Waals surface area contributed by atoms with E-state index in [2.05, 4.69) is 46.6 Å². The quantitative estimate of drug-likeness (QED) is 0.626. The van der Waals surface area contributed by atoms with Gasteiger partial charge in [0.05, 0.1) is 5.92 Å². The number of hydrogen-bond donors (Lipinski definition) is 2. The van der Waals surface area contributed by atoms with Crippen LogP contribution in [0.2, 0.25) is 0 Å². The molecule has 4 atom stereocenters. The number of carbonyl (C=O) groups excluding carboxylic acids is 2. The van der Waals surface area contributed by atoms with Crippen molar-refractivity contribution >= 4 is 11.8 Å². The van der Waals surface area contributed by atoms with Gasteiger partial charge in [0.25, 0.3) is 0 Å². The van der Waals surface area contributed by atoms with E-state index in [-0.39, 0.29) is 17.2 Å². The van der Waals surface area contributed by atoms with E-state index in [1.165, 1.54) is 43.2 Å². The fourth-order valence-corrected chi connectivity index (χ4v) is 8.36. The summed E-state index contributed by atoms with van der Waals surface area (Å²) in [6.45, 7) is 2.36. The maximum absolute atomic E-state index is 14.6. The van der Waals surface area contributed by atoms with Crippen LogP contribution in [0.15, 0.2) is 48.5 Å². The largest absolute Gasteiger partial charge is 0.366 e. The third-order valence-corrected chi connectivity index (χ3v) is 10.2. The van der Waals surface area contributed by atoms with Crippen LogP contribution in [-0.4, -0.2) is 42.4 Å². The minimum atomic E-state index is -0.358. The molecule has 1 saturated carbocycles. The van der Waals surface area contributed by atoms with Gasteiger partial charge in [0.15, 0.2) is 0 Å². The third kappa shape index (κ3) is 4.39. The van der Waals surface area contributed by atoms with Crippen molar-refractivity contribution < 1.29 is 9.59 Å². The van der Waals surface area contributed by atoms with E-state index in [4.69, 9.17) is 5.73 Å². The highest BCUT2D eigenvalue weighted by atomic mass is 16.2. The van der Waals surface area contributed by atoms with Gasteiger partial charge in [-0.1, -0.05) is 61.7 Å². The first-order valence-electron chi connectivity index (χ1n) is 14.6.